The van der Waals surface area contributed by atoms with Crippen LogP contribution in [0.2, 0.25) is 0 Å². The van der Waals surface area contributed by atoms with Gasteiger partial charge in [-0.1, -0.05) is 19.8 Å². The summed E-state index contributed by atoms with van der Waals surface area (Å²) in [5.74, 6) is 2.46. The highest BCUT2D eigenvalue weighted by atomic mass is 16.5. The molecule has 104 valence electrons. The van der Waals surface area contributed by atoms with Crippen molar-refractivity contribution in [2.24, 2.45) is 11.8 Å². The quantitative estimate of drug-likeness (QED) is 0.776. The second-order valence-corrected chi connectivity index (χ2v) is 5.39. The van der Waals surface area contributed by atoms with E-state index in [1.807, 2.05) is 6.07 Å². The van der Waals surface area contributed by atoms with Crippen LogP contribution >= 0.6 is 0 Å². The maximum Gasteiger partial charge on any atom is 0.166 e. The van der Waals surface area contributed by atoms with Crippen molar-refractivity contribution in [1.82, 2.24) is 0 Å². The smallest absolute Gasteiger partial charge is 0.166 e. The lowest BCUT2D eigenvalue weighted by Crippen LogP contribution is -2.21. The normalized spacial score (nSPS) is 22.9. The summed E-state index contributed by atoms with van der Waals surface area (Å²) in [5.41, 5.74) is 0.734. The van der Waals surface area contributed by atoms with Crippen molar-refractivity contribution in [3.63, 3.8) is 0 Å². The van der Waals surface area contributed by atoms with Crippen LogP contribution in [0.1, 0.15) is 43.0 Å². The van der Waals surface area contributed by atoms with E-state index in [-0.39, 0.29) is 11.7 Å². The fraction of sp³-hybridized carbons (Fsp3) is 0.562. The summed E-state index contributed by atoms with van der Waals surface area (Å²) in [7, 11) is 3.19. The van der Waals surface area contributed by atoms with Crippen LogP contribution in [0.15, 0.2) is 18.2 Å². The molecule has 0 radical (unpaired) electrons. The van der Waals surface area contributed by atoms with Crippen LogP contribution in [-0.2, 0) is 0 Å². The van der Waals surface area contributed by atoms with Crippen molar-refractivity contribution in [2.75, 3.05) is 14.2 Å². The highest BCUT2D eigenvalue weighted by Gasteiger charge is 2.25. The fourth-order valence-electron chi connectivity index (χ4n) is 2.75. The number of Topliss-reactive ketones (excluding diaryl/α,β-unsaturated/α-hetero) is 1. The third kappa shape index (κ3) is 3.09. The first-order valence-electron chi connectivity index (χ1n) is 6.92. The molecule has 0 amide bonds. The van der Waals surface area contributed by atoms with Crippen molar-refractivity contribution >= 4 is 5.78 Å². The van der Waals surface area contributed by atoms with E-state index < -0.39 is 0 Å². The average Bonchev–Trinajstić information content (AvgIpc) is 2.46. The topological polar surface area (TPSA) is 35.5 Å². The van der Waals surface area contributed by atoms with Gasteiger partial charge in [0.05, 0.1) is 14.2 Å². The van der Waals surface area contributed by atoms with Crippen LogP contribution in [0, 0.1) is 11.8 Å². The molecule has 1 aliphatic carbocycles. The fourth-order valence-corrected chi connectivity index (χ4v) is 2.75. The number of hydrogen-bond acceptors (Lipinski definition) is 3. The van der Waals surface area contributed by atoms with Crippen LogP contribution < -0.4 is 9.47 Å². The molecule has 0 heterocycles. The molecular weight excluding hydrogens is 240 g/mol. The Morgan fingerprint density at radius 1 is 1.05 bits per heavy atom. The minimum absolute atomic E-state index is 0.175. The predicted molar refractivity (Wildman–Crippen MR) is 75.0 cm³/mol. The maximum absolute atomic E-state index is 12.5. The Morgan fingerprint density at radius 3 is 2.26 bits per heavy atom. The number of rotatable bonds is 4. The number of carbonyl (C=O) groups is 1. The van der Waals surface area contributed by atoms with Crippen LogP contribution in [0.25, 0.3) is 0 Å². The summed E-state index contributed by atoms with van der Waals surface area (Å²) in [6, 6.07) is 5.43. The van der Waals surface area contributed by atoms with E-state index in [1.54, 1.807) is 26.4 Å². The standard InChI is InChI=1S/C16H22O3/c1-11-4-6-12(7-5-11)16(17)13-8-9-14(18-2)15(10-13)19-3/h8-12H,4-7H2,1-3H3. The van der Waals surface area contributed by atoms with Crippen molar-refractivity contribution < 1.29 is 14.3 Å². The Labute approximate surface area is 114 Å². The first-order chi connectivity index (χ1) is 9.15. The van der Waals surface area contributed by atoms with Gasteiger partial charge in [0.25, 0.3) is 0 Å². The molecule has 1 aliphatic rings. The Balaban J connectivity index is 2.15. The molecule has 3 nitrogen and oxygen atoms in total. The molecule has 0 bridgehead atoms. The number of ether oxygens (including phenoxy) is 2. The minimum atomic E-state index is 0.175. The molecule has 19 heavy (non-hydrogen) atoms. The van der Waals surface area contributed by atoms with Gasteiger partial charge in [0.1, 0.15) is 0 Å². The zero-order chi connectivity index (χ0) is 13.8. The highest BCUT2D eigenvalue weighted by molar-refractivity contribution is 5.98. The van der Waals surface area contributed by atoms with Crippen molar-refractivity contribution in [1.29, 1.82) is 0 Å². The Hall–Kier alpha value is -1.51. The molecule has 0 atom stereocenters. The lowest BCUT2D eigenvalue weighted by molar-refractivity contribution is 0.0875. The number of methoxy groups -OCH3 is 2. The second-order valence-electron chi connectivity index (χ2n) is 5.39. The average molecular weight is 262 g/mol. The lowest BCUT2D eigenvalue weighted by atomic mass is 9.79. The van der Waals surface area contributed by atoms with Gasteiger partial charge < -0.3 is 9.47 Å². The van der Waals surface area contributed by atoms with Crippen LogP contribution in [-0.4, -0.2) is 20.0 Å². The second kappa shape index (κ2) is 6.09. The van der Waals surface area contributed by atoms with E-state index in [2.05, 4.69) is 6.92 Å². The largest absolute Gasteiger partial charge is 0.493 e. The van der Waals surface area contributed by atoms with Crippen molar-refractivity contribution in [2.45, 2.75) is 32.6 Å². The molecule has 2 rings (SSSR count). The highest BCUT2D eigenvalue weighted by Crippen LogP contribution is 2.33. The summed E-state index contributed by atoms with van der Waals surface area (Å²) in [6.45, 7) is 2.26. The monoisotopic (exact) mass is 262 g/mol. The zero-order valence-corrected chi connectivity index (χ0v) is 11.9. The molecule has 0 spiro atoms. The molecule has 0 aromatic heterocycles. The van der Waals surface area contributed by atoms with E-state index in [0.29, 0.717) is 11.5 Å². The van der Waals surface area contributed by atoms with E-state index >= 15 is 0 Å². The summed E-state index contributed by atoms with van der Waals surface area (Å²) in [4.78, 5) is 12.5. The van der Waals surface area contributed by atoms with Gasteiger partial charge in [-0.05, 0) is 37.0 Å². The molecular formula is C16H22O3. The summed E-state index contributed by atoms with van der Waals surface area (Å²) in [6.07, 6.45) is 4.33. The van der Waals surface area contributed by atoms with Crippen LogP contribution in [0.5, 0.6) is 11.5 Å². The lowest BCUT2D eigenvalue weighted by Gasteiger charge is -2.25. The van der Waals surface area contributed by atoms with Gasteiger partial charge in [-0.3, -0.25) is 4.79 Å². The number of ketones is 1. The Bertz CT molecular complexity index is 445. The van der Waals surface area contributed by atoms with Gasteiger partial charge in [0.15, 0.2) is 17.3 Å². The van der Waals surface area contributed by atoms with Gasteiger partial charge >= 0.3 is 0 Å². The van der Waals surface area contributed by atoms with Crippen molar-refractivity contribution in [3.8, 4) is 11.5 Å². The number of hydrogen-bond donors (Lipinski definition) is 0. The first-order valence-corrected chi connectivity index (χ1v) is 6.92. The minimum Gasteiger partial charge on any atom is -0.493 e. The van der Waals surface area contributed by atoms with Gasteiger partial charge in [0.2, 0.25) is 0 Å². The molecule has 0 N–H and O–H groups in total. The van der Waals surface area contributed by atoms with E-state index in [1.165, 1.54) is 0 Å². The Morgan fingerprint density at radius 2 is 1.68 bits per heavy atom. The summed E-state index contributed by atoms with van der Waals surface area (Å²) >= 11 is 0. The summed E-state index contributed by atoms with van der Waals surface area (Å²) < 4.78 is 10.4. The molecule has 0 unspecified atom stereocenters. The van der Waals surface area contributed by atoms with Gasteiger partial charge in [-0.25, -0.2) is 0 Å². The molecule has 1 saturated carbocycles. The van der Waals surface area contributed by atoms with Gasteiger partial charge in [0, 0.05) is 11.5 Å². The van der Waals surface area contributed by atoms with E-state index in [4.69, 9.17) is 9.47 Å². The molecule has 1 fully saturated rings. The van der Waals surface area contributed by atoms with Crippen LogP contribution in [0.4, 0.5) is 0 Å². The van der Waals surface area contributed by atoms with Crippen LogP contribution in [0.3, 0.4) is 0 Å². The third-order valence-electron chi connectivity index (χ3n) is 4.05. The molecule has 1 aromatic rings. The molecule has 3 heteroatoms. The van der Waals surface area contributed by atoms with Gasteiger partial charge in [-0.15, -0.1) is 0 Å². The summed E-state index contributed by atoms with van der Waals surface area (Å²) in [5, 5.41) is 0. The third-order valence-corrected chi connectivity index (χ3v) is 4.05. The van der Waals surface area contributed by atoms with Crippen molar-refractivity contribution in [3.05, 3.63) is 23.8 Å². The molecule has 0 aliphatic heterocycles. The van der Waals surface area contributed by atoms with E-state index in [9.17, 15) is 4.79 Å². The van der Waals surface area contributed by atoms with E-state index in [0.717, 1.165) is 37.2 Å². The zero-order valence-electron chi connectivity index (χ0n) is 11.9. The van der Waals surface area contributed by atoms with Gasteiger partial charge in [-0.2, -0.15) is 0 Å². The number of benzene rings is 1. The molecule has 0 saturated heterocycles. The maximum atomic E-state index is 12.5. The Kier molecular flexibility index (Phi) is 4.46. The first kappa shape index (κ1) is 13.9. The number of carbonyl (C=O) groups excluding carboxylic acids is 1. The SMILES string of the molecule is COc1ccc(C(=O)C2CCC(C)CC2)cc1OC. The predicted octanol–water partition coefficient (Wildman–Crippen LogP) is 3.71. The molecule has 1 aromatic carbocycles.